The Morgan fingerprint density at radius 3 is 2.21 bits per heavy atom. The number of rotatable bonds is 5. The topological polar surface area (TPSA) is 36.0 Å². The first kappa shape index (κ1) is 21.5. The lowest BCUT2D eigenvalue weighted by Crippen LogP contribution is -2.48. The summed E-state index contributed by atoms with van der Waals surface area (Å²) in [6.45, 7) is 6.16. The van der Waals surface area contributed by atoms with Gasteiger partial charge in [0.25, 0.3) is 5.91 Å². The second-order valence-electron chi connectivity index (χ2n) is 8.90. The molecular formula is C28H31N3O2. The van der Waals surface area contributed by atoms with Gasteiger partial charge in [-0.15, -0.1) is 0 Å². The predicted octanol–water partition coefficient (Wildman–Crippen LogP) is 4.22. The average molecular weight is 442 g/mol. The number of hydrogen-bond donors (Lipinski definition) is 0. The lowest BCUT2D eigenvalue weighted by molar-refractivity contribution is 0.0628. The molecule has 0 radical (unpaired) electrons. The Bertz CT molecular complexity index is 1090. The molecule has 3 aromatic carbocycles. The predicted molar refractivity (Wildman–Crippen MR) is 132 cm³/mol. The summed E-state index contributed by atoms with van der Waals surface area (Å²) >= 11 is 0. The van der Waals surface area contributed by atoms with Crippen LogP contribution in [0.15, 0.2) is 72.8 Å². The molecule has 5 heteroatoms. The molecule has 3 aromatic rings. The van der Waals surface area contributed by atoms with Crippen molar-refractivity contribution in [2.24, 2.45) is 0 Å². The summed E-state index contributed by atoms with van der Waals surface area (Å²) in [6, 6.07) is 25.1. The Balaban J connectivity index is 1.15. The van der Waals surface area contributed by atoms with E-state index in [4.69, 9.17) is 4.74 Å². The molecule has 1 fully saturated rings. The number of piperazine rings is 1. The minimum atomic E-state index is 0.134. The summed E-state index contributed by atoms with van der Waals surface area (Å²) < 4.78 is 5.24. The maximum absolute atomic E-state index is 13.1. The van der Waals surface area contributed by atoms with Gasteiger partial charge < -0.3 is 14.5 Å². The van der Waals surface area contributed by atoms with Gasteiger partial charge in [-0.1, -0.05) is 36.4 Å². The fraction of sp³-hybridized carbons (Fsp3) is 0.321. The fourth-order valence-corrected chi connectivity index (χ4v) is 4.81. The number of ether oxygens (including phenoxy) is 1. The maximum Gasteiger partial charge on any atom is 0.253 e. The Hall–Kier alpha value is -3.31. The van der Waals surface area contributed by atoms with Crippen molar-refractivity contribution in [1.82, 2.24) is 9.80 Å². The largest absolute Gasteiger partial charge is 0.497 e. The third-order valence-corrected chi connectivity index (χ3v) is 6.83. The van der Waals surface area contributed by atoms with E-state index in [0.29, 0.717) is 0 Å². The molecule has 0 aliphatic carbocycles. The number of fused-ring (bicyclic) bond motifs is 1. The molecule has 1 saturated heterocycles. The molecule has 2 aliphatic rings. The average Bonchev–Trinajstić information content (AvgIpc) is 2.89. The number of methoxy groups -OCH3 is 1. The Morgan fingerprint density at radius 1 is 0.818 bits per heavy atom. The molecule has 0 N–H and O–H groups in total. The van der Waals surface area contributed by atoms with Crippen molar-refractivity contribution >= 4 is 11.6 Å². The molecule has 33 heavy (non-hydrogen) atoms. The van der Waals surface area contributed by atoms with E-state index >= 15 is 0 Å². The summed E-state index contributed by atoms with van der Waals surface area (Å²) in [5.41, 5.74) is 6.08. The van der Waals surface area contributed by atoms with Gasteiger partial charge in [-0.05, 0) is 59.5 Å². The summed E-state index contributed by atoms with van der Waals surface area (Å²) in [4.78, 5) is 19.9. The van der Waals surface area contributed by atoms with E-state index in [1.54, 1.807) is 7.11 Å². The van der Waals surface area contributed by atoms with Crippen LogP contribution >= 0.6 is 0 Å². The zero-order valence-corrected chi connectivity index (χ0v) is 19.2. The van der Waals surface area contributed by atoms with Crippen molar-refractivity contribution < 1.29 is 9.53 Å². The third kappa shape index (κ3) is 4.88. The number of amides is 1. The number of anilines is 1. The Labute approximate surface area is 196 Å². The lowest BCUT2D eigenvalue weighted by atomic mass is 9.99. The van der Waals surface area contributed by atoms with Crippen molar-refractivity contribution in [2.75, 3.05) is 44.7 Å². The van der Waals surface area contributed by atoms with E-state index in [9.17, 15) is 4.79 Å². The minimum absolute atomic E-state index is 0.134. The summed E-state index contributed by atoms with van der Waals surface area (Å²) in [7, 11) is 1.69. The molecule has 5 nitrogen and oxygen atoms in total. The molecule has 2 heterocycles. The lowest BCUT2D eigenvalue weighted by Gasteiger charge is -2.35. The van der Waals surface area contributed by atoms with E-state index < -0.39 is 0 Å². The fourth-order valence-electron chi connectivity index (χ4n) is 4.81. The standard InChI is InChI=1S/C28H31N3O2/c1-33-27-12-6-22(7-13-27)20-29-16-18-30(19-17-29)28(32)24-8-10-26(11-9-24)31-15-14-23-4-2-3-5-25(23)21-31/h2-13H,14-21H2,1H3. The molecule has 0 atom stereocenters. The zero-order chi connectivity index (χ0) is 22.6. The van der Waals surface area contributed by atoms with Gasteiger partial charge in [0.05, 0.1) is 7.11 Å². The van der Waals surface area contributed by atoms with Crippen LogP contribution in [0.25, 0.3) is 0 Å². The van der Waals surface area contributed by atoms with Crippen molar-refractivity contribution in [3.8, 4) is 5.75 Å². The van der Waals surface area contributed by atoms with Crippen LogP contribution in [-0.4, -0.2) is 55.5 Å². The van der Waals surface area contributed by atoms with Gasteiger partial charge in [0, 0.05) is 57.1 Å². The molecular weight excluding hydrogens is 410 g/mol. The van der Waals surface area contributed by atoms with Gasteiger partial charge in [0.2, 0.25) is 0 Å². The zero-order valence-electron chi connectivity index (χ0n) is 19.2. The first-order valence-corrected chi connectivity index (χ1v) is 11.8. The molecule has 170 valence electrons. The van der Waals surface area contributed by atoms with Gasteiger partial charge in [-0.25, -0.2) is 0 Å². The number of hydrogen-bond acceptors (Lipinski definition) is 4. The van der Waals surface area contributed by atoms with Gasteiger partial charge in [-0.3, -0.25) is 9.69 Å². The first-order valence-electron chi connectivity index (χ1n) is 11.8. The summed E-state index contributed by atoms with van der Waals surface area (Å²) in [6.07, 6.45) is 1.07. The second-order valence-corrected chi connectivity index (χ2v) is 8.90. The highest BCUT2D eigenvalue weighted by Crippen LogP contribution is 2.25. The summed E-state index contributed by atoms with van der Waals surface area (Å²) in [5, 5.41) is 0. The first-order chi connectivity index (χ1) is 16.2. The maximum atomic E-state index is 13.1. The van der Waals surface area contributed by atoms with Gasteiger partial charge >= 0.3 is 0 Å². The van der Waals surface area contributed by atoms with E-state index in [1.165, 1.54) is 22.4 Å². The highest BCUT2D eigenvalue weighted by molar-refractivity contribution is 5.94. The Kier molecular flexibility index (Phi) is 6.31. The molecule has 5 rings (SSSR count). The van der Waals surface area contributed by atoms with Crippen LogP contribution in [0.2, 0.25) is 0 Å². The van der Waals surface area contributed by atoms with E-state index in [0.717, 1.165) is 63.5 Å². The molecule has 0 saturated carbocycles. The van der Waals surface area contributed by atoms with E-state index in [1.807, 2.05) is 29.2 Å². The van der Waals surface area contributed by atoms with Crippen molar-refractivity contribution in [1.29, 1.82) is 0 Å². The normalized spacial score (nSPS) is 16.4. The van der Waals surface area contributed by atoms with Gasteiger partial charge in [-0.2, -0.15) is 0 Å². The smallest absolute Gasteiger partial charge is 0.253 e. The van der Waals surface area contributed by atoms with E-state index in [2.05, 4.69) is 58.3 Å². The molecule has 0 aromatic heterocycles. The van der Waals surface area contributed by atoms with E-state index in [-0.39, 0.29) is 5.91 Å². The number of benzene rings is 3. The molecule has 0 unspecified atom stereocenters. The highest BCUT2D eigenvalue weighted by Gasteiger charge is 2.23. The number of carbonyl (C=O) groups is 1. The minimum Gasteiger partial charge on any atom is -0.497 e. The van der Waals surface area contributed by atoms with Crippen LogP contribution in [0.4, 0.5) is 5.69 Å². The van der Waals surface area contributed by atoms with Crippen LogP contribution in [0.5, 0.6) is 5.75 Å². The van der Waals surface area contributed by atoms with Crippen LogP contribution < -0.4 is 9.64 Å². The van der Waals surface area contributed by atoms with Gasteiger partial charge in [0.15, 0.2) is 0 Å². The van der Waals surface area contributed by atoms with Crippen molar-refractivity contribution in [3.05, 3.63) is 95.1 Å². The quantitative estimate of drug-likeness (QED) is 0.594. The van der Waals surface area contributed by atoms with Crippen LogP contribution in [-0.2, 0) is 19.5 Å². The second kappa shape index (κ2) is 9.67. The molecule has 1 amide bonds. The van der Waals surface area contributed by atoms with Gasteiger partial charge in [0.1, 0.15) is 5.75 Å². The number of carbonyl (C=O) groups excluding carboxylic acids is 1. The number of nitrogens with zero attached hydrogens (tertiary/aromatic N) is 3. The van der Waals surface area contributed by atoms with Crippen molar-refractivity contribution in [3.63, 3.8) is 0 Å². The van der Waals surface area contributed by atoms with Crippen molar-refractivity contribution in [2.45, 2.75) is 19.5 Å². The van der Waals surface area contributed by atoms with Crippen LogP contribution in [0, 0.1) is 0 Å². The Morgan fingerprint density at radius 2 is 1.52 bits per heavy atom. The molecule has 2 aliphatic heterocycles. The molecule has 0 spiro atoms. The van der Waals surface area contributed by atoms with Crippen LogP contribution in [0.1, 0.15) is 27.0 Å². The summed E-state index contributed by atoms with van der Waals surface area (Å²) in [5.74, 6) is 1.01. The monoisotopic (exact) mass is 441 g/mol. The molecule has 0 bridgehead atoms. The van der Waals surface area contributed by atoms with Crippen LogP contribution in [0.3, 0.4) is 0 Å². The highest BCUT2D eigenvalue weighted by atomic mass is 16.5. The SMILES string of the molecule is COc1ccc(CN2CCN(C(=O)c3ccc(N4CCc5ccccc5C4)cc3)CC2)cc1. The third-order valence-electron chi connectivity index (χ3n) is 6.83.